The smallest absolute Gasteiger partial charge is 0.209 e. The second-order valence-electron chi connectivity index (χ2n) is 3.30. The molecule has 0 radical (unpaired) electrons. The highest BCUT2D eigenvalue weighted by molar-refractivity contribution is 7.88. The van der Waals surface area contributed by atoms with Crippen molar-refractivity contribution < 1.29 is 8.42 Å². The minimum Gasteiger partial charge on any atom is -0.320 e. The van der Waals surface area contributed by atoms with E-state index in [1.54, 1.807) is 0 Å². The van der Waals surface area contributed by atoms with E-state index in [1.165, 1.54) is 0 Å². The van der Waals surface area contributed by atoms with Gasteiger partial charge in [0.15, 0.2) is 0 Å². The third-order valence-electron chi connectivity index (χ3n) is 1.80. The maximum absolute atomic E-state index is 10.9. The Morgan fingerprint density at radius 2 is 2.19 bits per heavy atom. The SMILES string of the molecule is CS(=O)(=O)NCc1cccc(C#CCN)c1. The van der Waals surface area contributed by atoms with Gasteiger partial charge in [-0.25, -0.2) is 13.1 Å². The third kappa shape index (κ3) is 4.94. The van der Waals surface area contributed by atoms with Gasteiger partial charge >= 0.3 is 0 Å². The van der Waals surface area contributed by atoms with E-state index in [2.05, 4.69) is 16.6 Å². The summed E-state index contributed by atoms with van der Waals surface area (Å²) in [6.45, 7) is 0.586. The molecule has 4 nitrogen and oxygen atoms in total. The quantitative estimate of drug-likeness (QED) is 0.731. The second kappa shape index (κ2) is 5.66. The van der Waals surface area contributed by atoms with E-state index in [-0.39, 0.29) is 6.54 Å². The van der Waals surface area contributed by atoms with Crippen LogP contribution >= 0.6 is 0 Å². The normalized spacial score (nSPS) is 10.6. The lowest BCUT2D eigenvalue weighted by Gasteiger charge is -2.02. The fourth-order valence-corrected chi connectivity index (χ4v) is 1.56. The van der Waals surface area contributed by atoms with Crippen molar-refractivity contribution in [3.05, 3.63) is 35.4 Å². The maximum atomic E-state index is 10.9. The van der Waals surface area contributed by atoms with Crippen molar-refractivity contribution in [3.63, 3.8) is 0 Å². The number of hydrogen-bond acceptors (Lipinski definition) is 3. The van der Waals surface area contributed by atoms with Crippen LogP contribution in [0, 0.1) is 11.8 Å². The van der Waals surface area contributed by atoms with Crippen molar-refractivity contribution >= 4 is 10.0 Å². The average molecular weight is 238 g/mol. The van der Waals surface area contributed by atoms with Gasteiger partial charge in [-0.1, -0.05) is 24.0 Å². The number of hydrogen-bond donors (Lipinski definition) is 2. The molecule has 0 saturated carbocycles. The molecule has 0 spiro atoms. The molecule has 86 valence electrons. The number of benzene rings is 1. The Labute approximate surface area is 95.9 Å². The summed E-state index contributed by atoms with van der Waals surface area (Å²) in [6.07, 6.45) is 1.13. The van der Waals surface area contributed by atoms with Crippen LogP contribution in [0.15, 0.2) is 24.3 Å². The molecule has 0 aliphatic rings. The van der Waals surface area contributed by atoms with Crippen LogP contribution in [0.25, 0.3) is 0 Å². The van der Waals surface area contributed by atoms with Crippen molar-refractivity contribution in [1.29, 1.82) is 0 Å². The van der Waals surface area contributed by atoms with Gasteiger partial charge in [0, 0.05) is 12.1 Å². The van der Waals surface area contributed by atoms with Crippen LogP contribution < -0.4 is 10.5 Å². The Balaban J connectivity index is 2.75. The van der Waals surface area contributed by atoms with Gasteiger partial charge in [-0.2, -0.15) is 0 Å². The molecule has 0 aromatic heterocycles. The average Bonchev–Trinajstić information content (AvgIpc) is 2.23. The molecule has 0 unspecified atom stereocenters. The molecule has 5 heteroatoms. The highest BCUT2D eigenvalue weighted by atomic mass is 32.2. The summed E-state index contributed by atoms with van der Waals surface area (Å²) in [5.41, 5.74) is 6.97. The largest absolute Gasteiger partial charge is 0.320 e. The van der Waals surface area contributed by atoms with Crippen LogP contribution in [0.4, 0.5) is 0 Å². The Bertz CT molecular complexity index is 512. The number of sulfonamides is 1. The second-order valence-corrected chi connectivity index (χ2v) is 5.13. The highest BCUT2D eigenvalue weighted by Crippen LogP contribution is 2.04. The molecule has 0 atom stereocenters. The van der Waals surface area contributed by atoms with E-state index in [0.717, 1.165) is 17.4 Å². The van der Waals surface area contributed by atoms with Gasteiger partial charge in [-0.15, -0.1) is 0 Å². The van der Waals surface area contributed by atoms with Crippen LogP contribution in [-0.4, -0.2) is 21.2 Å². The fourth-order valence-electron chi connectivity index (χ4n) is 1.13. The van der Waals surface area contributed by atoms with Gasteiger partial charge in [0.2, 0.25) is 10.0 Å². The van der Waals surface area contributed by atoms with E-state index >= 15 is 0 Å². The first-order valence-corrected chi connectivity index (χ1v) is 6.63. The zero-order valence-corrected chi connectivity index (χ0v) is 9.84. The van der Waals surface area contributed by atoms with Gasteiger partial charge in [-0.05, 0) is 17.7 Å². The van der Waals surface area contributed by atoms with E-state index in [0.29, 0.717) is 6.54 Å². The molecular formula is C11H14N2O2S. The van der Waals surface area contributed by atoms with Gasteiger partial charge in [0.1, 0.15) is 0 Å². The minimum atomic E-state index is -3.16. The zero-order valence-electron chi connectivity index (χ0n) is 9.03. The van der Waals surface area contributed by atoms with Crippen LogP contribution in [0.1, 0.15) is 11.1 Å². The monoisotopic (exact) mass is 238 g/mol. The van der Waals surface area contributed by atoms with Gasteiger partial charge in [0.25, 0.3) is 0 Å². The molecular weight excluding hydrogens is 224 g/mol. The summed E-state index contributed by atoms with van der Waals surface area (Å²) >= 11 is 0. The lowest BCUT2D eigenvalue weighted by Crippen LogP contribution is -2.21. The molecule has 0 bridgehead atoms. The molecule has 1 aromatic rings. The van der Waals surface area contributed by atoms with Gasteiger partial charge in [0.05, 0.1) is 12.8 Å². The fraction of sp³-hybridized carbons (Fsp3) is 0.273. The lowest BCUT2D eigenvalue weighted by atomic mass is 10.1. The predicted octanol–water partition coefficient (Wildman–Crippen LogP) is 0.0460. The standard InChI is InChI=1S/C11H14N2O2S/c1-16(14,15)13-9-11-5-2-4-10(8-11)6-3-7-12/h2,4-5,8,13H,7,9,12H2,1H3. The number of nitrogens with two attached hydrogens (primary N) is 1. The van der Waals surface area contributed by atoms with Crippen LogP contribution in [0.3, 0.4) is 0 Å². The summed E-state index contributed by atoms with van der Waals surface area (Å²) < 4.78 is 24.2. The molecule has 0 heterocycles. The summed E-state index contributed by atoms with van der Waals surface area (Å²) in [6, 6.07) is 7.36. The van der Waals surface area contributed by atoms with Gasteiger partial charge < -0.3 is 5.73 Å². The summed E-state index contributed by atoms with van der Waals surface area (Å²) in [4.78, 5) is 0. The zero-order chi connectivity index (χ0) is 12.0. The molecule has 1 rings (SSSR count). The molecule has 0 aliphatic heterocycles. The first-order chi connectivity index (χ1) is 7.51. The van der Waals surface area contributed by atoms with Crippen LogP contribution in [-0.2, 0) is 16.6 Å². The third-order valence-corrected chi connectivity index (χ3v) is 2.47. The van der Waals surface area contributed by atoms with Crippen LogP contribution in [0.5, 0.6) is 0 Å². The molecule has 0 amide bonds. The van der Waals surface area contributed by atoms with E-state index in [1.807, 2.05) is 24.3 Å². The van der Waals surface area contributed by atoms with Crippen molar-refractivity contribution in [2.45, 2.75) is 6.54 Å². The topological polar surface area (TPSA) is 72.2 Å². The summed E-state index contributed by atoms with van der Waals surface area (Å²) in [7, 11) is -3.16. The lowest BCUT2D eigenvalue weighted by molar-refractivity contribution is 0.587. The van der Waals surface area contributed by atoms with E-state index < -0.39 is 10.0 Å². The van der Waals surface area contributed by atoms with Gasteiger partial charge in [-0.3, -0.25) is 0 Å². The highest BCUT2D eigenvalue weighted by Gasteiger charge is 2.00. The Morgan fingerprint density at radius 1 is 1.44 bits per heavy atom. The summed E-state index contributed by atoms with van der Waals surface area (Å²) in [5, 5.41) is 0. The predicted molar refractivity (Wildman–Crippen MR) is 64.1 cm³/mol. The van der Waals surface area contributed by atoms with Crippen molar-refractivity contribution in [3.8, 4) is 11.8 Å². The van der Waals surface area contributed by atoms with Crippen LogP contribution in [0.2, 0.25) is 0 Å². The molecule has 16 heavy (non-hydrogen) atoms. The Morgan fingerprint density at radius 3 is 2.81 bits per heavy atom. The molecule has 0 saturated heterocycles. The Hall–Kier alpha value is -1.35. The first-order valence-electron chi connectivity index (χ1n) is 4.74. The number of nitrogens with one attached hydrogen (secondary N) is 1. The maximum Gasteiger partial charge on any atom is 0.209 e. The van der Waals surface area contributed by atoms with E-state index in [4.69, 9.17) is 5.73 Å². The summed E-state index contributed by atoms with van der Waals surface area (Å²) in [5.74, 6) is 5.63. The van der Waals surface area contributed by atoms with Crippen molar-refractivity contribution in [1.82, 2.24) is 4.72 Å². The van der Waals surface area contributed by atoms with E-state index in [9.17, 15) is 8.42 Å². The minimum absolute atomic E-state index is 0.275. The molecule has 3 N–H and O–H groups in total. The van der Waals surface area contributed by atoms with Crippen molar-refractivity contribution in [2.75, 3.05) is 12.8 Å². The first kappa shape index (κ1) is 12.7. The van der Waals surface area contributed by atoms with Crippen molar-refractivity contribution in [2.24, 2.45) is 5.73 Å². The Kier molecular flexibility index (Phi) is 4.50. The molecule has 1 aromatic carbocycles. The molecule has 0 fully saturated rings. The molecule has 0 aliphatic carbocycles. The number of rotatable bonds is 3.